The highest BCUT2D eigenvalue weighted by Crippen LogP contribution is 2.33. The number of hydrogen-bond donors (Lipinski definition) is 1. The fraction of sp³-hybridized carbons (Fsp3) is 0.412. The first-order valence-electron chi connectivity index (χ1n) is 15.1. The van der Waals surface area contributed by atoms with Crippen LogP contribution in [0.5, 0.6) is 11.5 Å². The molecule has 0 aliphatic heterocycles. The number of halogens is 1. The Balaban J connectivity index is 1.74. The number of ether oxygens (including phenoxy) is 2. The van der Waals surface area contributed by atoms with Gasteiger partial charge in [-0.2, -0.15) is 0 Å². The Kier molecular flexibility index (Phi) is 11.4. The zero-order valence-electron chi connectivity index (χ0n) is 26.5. The Morgan fingerprint density at radius 2 is 1.58 bits per heavy atom. The van der Waals surface area contributed by atoms with Crippen LogP contribution in [-0.4, -0.2) is 58.0 Å². The maximum atomic E-state index is 14.3. The van der Waals surface area contributed by atoms with Crippen molar-refractivity contribution in [1.29, 1.82) is 0 Å². The minimum absolute atomic E-state index is 0.0227. The van der Waals surface area contributed by atoms with E-state index in [1.54, 1.807) is 43.3 Å². The summed E-state index contributed by atoms with van der Waals surface area (Å²) in [5, 5.41) is 3.55. The lowest BCUT2D eigenvalue weighted by molar-refractivity contribution is -0.139. The summed E-state index contributed by atoms with van der Waals surface area (Å²) in [4.78, 5) is 29.2. The molecule has 1 saturated carbocycles. The number of carbonyl (C=O) groups excluding carboxylic acids is 2. The molecule has 0 saturated heterocycles. The molecule has 3 aromatic carbocycles. The van der Waals surface area contributed by atoms with Gasteiger partial charge in [-0.25, -0.2) is 8.42 Å². The zero-order valence-corrected chi connectivity index (χ0v) is 28.1. The summed E-state index contributed by atoms with van der Waals surface area (Å²) in [6, 6.07) is 15.9. The van der Waals surface area contributed by atoms with Gasteiger partial charge in [-0.15, -0.1) is 0 Å². The Morgan fingerprint density at radius 1 is 0.933 bits per heavy atom. The lowest BCUT2D eigenvalue weighted by Crippen LogP contribution is -2.53. The predicted molar refractivity (Wildman–Crippen MR) is 176 cm³/mol. The highest BCUT2D eigenvalue weighted by molar-refractivity contribution is 7.92. The molecule has 9 nitrogen and oxygen atoms in total. The fourth-order valence-electron chi connectivity index (χ4n) is 5.69. The van der Waals surface area contributed by atoms with Crippen LogP contribution < -0.4 is 19.1 Å². The minimum atomic E-state index is -4.30. The number of nitrogens with one attached hydrogen (secondary N) is 1. The van der Waals surface area contributed by atoms with E-state index in [4.69, 9.17) is 21.1 Å². The number of anilines is 1. The molecule has 0 spiro atoms. The summed E-state index contributed by atoms with van der Waals surface area (Å²) >= 11 is 6.49. The summed E-state index contributed by atoms with van der Waals surface area (Å²) in [5.74, 6) is -0.236. The fourth-order valence-corrected chi connectivity index (χ4v) is 7.30. The van der Waals surface area contributed by atoms with Crippen LogP contribution in [0.15, 0.2) is 65.6 Å². The highest BCUT2D eigenvalue weighted by Gasteiger charge is 2.34. The summed E-state index contributed by atoms with van der Waals surface area (Å²) in [6.45, 7) is 4.86. The lowest BCUT2D eigenvalue weighted by Gasteiger charge is -2.33. The normalized spacial score (nSPS) is 14.4. The van der Waals surface area contributed by atoms with Crippen molar-refractivity contribution in [2.75, 3.05) is 25.1 Å². The molecule has 1 fully saturated rings. The number of methoxy groups -OCH3 is 2. The Morgan fingerprint density at radius 3 is 2.20 bits per heavy atom. The number of aryl methyl sites for hydroxylation is 2. The molecule has 0 bridgehead atoms. The van der Waals surface area contributed by atoms with Crippen LogP contribution in [0, 0.1) is 13.8 Å². The second-order valence-electron chi connectivity index (χ2n) is 11.5. The number of nitrogens with zero attached hydrogens (tertiary/aromatic N) is 2. The maximum absolute atomic E-state index is 14.3. The third kappa shape index (κ3) is 8.29. The monoisotopic (exact) mass is 655 g/mol. The van der Waals surface area contributed by atoms with Gasteiger partial charge in [0.05, 0.1) is 24.8 Å². The summed E-state index contributed by atoms with van der Waals surface area (Å²) in [5.41, 5.74) is 2.63. The minimum Gasteiger partial charge on any atom is -0.493 e. The number of rotatable bonds is 12. The number of sulfonamides is 1. The Labute approximate surface area is 271 Å². The number of hydrogen-bond acceptors (Lipinski definition) is 6. The average molecular weight is 656 g/mol. The van der Waals surface area contributed by atoms with Gasteiger partial charge in [0.25, 0.3) is 10.0 Å². The van der Waals surface area contributed by atoms with Crippen LogP contribution in [0.2, 0.25) is 5.02 Å². The highest BCUT2D eigenvalue weighted by atomic mass is 35.5. The largest absolute Gasteiger partial charge is 0.493 e. The van der Waals surface area contributed by atoms with Gasteiger partial charge in [-0.05, 0) is 80.6 Å². The average Bonchev–Trinajstić information content (AvgIpc) is 3.02. The summed E-state index contributed by atoms with van der Waals surface area (Å²) < 4.78 is 40.4. The second kappa shape index (κ2) is 15.0. The molecular weight excluding hydrogens is 614 g/mol. The zero-order chi connectivity index (χ0) is 32.7. The molecule has 2 amide bonds. The van der Waals surface area contributed by atoms with E-state index in [1.807, 2.05) is 19.9 Å². The van der Waals surface area contributed by atoms with Crippen LogP contribution in [0.4, 0.5) is 5.69 Å². The van der Waals surface area contributed by atoms with Crippen molar-refractivity contribution in [3.8, 4) is 11.5 Å². The molecule has 4 rings (SSSR count). The van der Waals surface area contributed by atoms with E-state index in [0.717, 1.165) is 47.5 Å². The third-order valence-corrected chi connectivity index (χ3v) is 10.3. The smallest absolute Gasteiger partial charge is 0.264 e. The van der Waals surface area contributed by atoms with E-state index in [9.17, 15) is 18.0 Å². The Bertz CT molecular complexity index is 1600. The van der Waals surface area contributed by atoms with Gasteiger partial charge in [0.1, 0.15) is 12.6 Å². The van der Waals surface area contributed by atoms with Gasteiger partial charge in [-0.1, -0.05) is 55.1 Å². The first-order chi connectivity index (χ1) is 21.4. The summed E-state index contributed by atoms with van der Waals surface area (Å²) in [7, 11) is -1.41. The number of amides is 2. The van der Waals surface area contributed by atoms with Gasteiger partial charge in [0.2, 0.25) is 11.8 Å². The van der Waals surface area contributed by atoms with Crippen molar-refractivity contribution in [2.24, 2.45) is 0 Å². The molecular formula is C34H42ClN3O6S. The van der Waals surface area contributed by atoms with Crippen molar-refractivity contribution < 1.29 is 27.5 Å². The second-order valence-corrected chi connectivity index (χ2v) is 13.8. The van der Waals surface area contributed by atoms with E-state index in [0.29, 0.717) is 22.0 Å². The first kappa shape index (κ1) is 34.1. The topological polar surface area (TPSA) is 105 Å². The van der Waals surface area contributed by atoms with Crippen LogP contribution in [0.3, 0.4) is 0 Å². The molecule has 1 aliphatic carbocycles. The lowest BCUT2D eigenvalue weighted by atomic mass is 9.95. The van der Waals surface area contributed by atoms with Crippen molar-refractivity contribution in [1.82, 2.24) is 10.2 Å². The number of carbonyl (C=O) groups is 2. The van der Waals surface area contributed by atoms with Crippen LogP contribution in [0.25, 0.3) is 0 Å². The molecule has 11 heteroatoms. The van der Waals surface area contributed by atoms with Crippen LogP contribution >= 0.6 is 11.6 Å². The summed E-state index contributed by atoms with van der Waals surface area (Å²) in [6.07, 6.45) is 5.00. The van der Waals surface area contributed by atoms with Crippen molar-refractivity contribution >= 4 is 39.1 Å². The molecule has 1 atom stereocenters. The van der Waals surface area contributed by atoms with Crippen LogP contribution in [-0.2, 0) is 26.2 Å². The van der Waals surface area contributed by atoms with Crippen molar-refractivity contribution in [2.45, 2.75) is 76.4 Å². The molecule has 1 N–H and O–H groups in total. The molecule has 0 radical (unpaired) electrons. The Hall–Kier alpha value is -3.76. The van der Waals surface area contributed by atoms with E-state index in [2.05, 4.69) is 5.32 Å². The van der Waals surface area contributed by atoms with E-state index in [1.165, 1.54) is 37.3 Å². The SMILES string of the molecule is COc1ccc(S(=O)(=O)N(CC(=O)N(Cc2ccccc2Cl)C(C)C(=O)NC2CCCCC2)c2cc(C)cc(C)c2)cc1OC. The van der Waals surface area contributed by atoms with E-state index < -0.39 is 28.5 Å². The van der Waals surface area contributed by atoms with Gasteiger partial charge in [0.15, 0.2) is 11.5 Å². The maximum Gasteiger partial charge on any atom is 0.264 e. The third-order valence-electron chi connectivity index (χ3n) is 8.13. The quantitative estimate of drug-likeness (QED) is 0.255. The van der Waals surface area contributed by atoms with Crippen LogP contribution in [0.1, 0.15) is 55.7 Å². The van der Waals surface area contributed by atoms with Crippen molar-refractivity contribution in [3.05, 3.63) is 82.4 Å². The molecule has 45 heavy (non-hydrogen) atoms. The molecule has 0 heterocycles. The molecule has 1 unspecified atom stereocenters. The molecule has 242 valence electrons. The first-order valence-corrected chi connectivity index (χ1v) is 16.9. The van der Waals surface area contributed by atoms with Gasteiger partial charge in [0, 0.05) is 23.7 Å². The van der Waals surface area contributed by atoms with E-state index in [-0.39, 0.29) is 29.1 Å². The molecule has 1 aliphatic rings. The van der Waals surface area contributed by atoms with E-state index >= 15 is 0 Å². The van der Waals surface area contributed by atoms with Gasteiger partial charge >= 0.3 is 0 Å². The predicted octanol–water partition coefficient (Wildman–Crippen LogP) is 6.04. The molecule has 3 aromatic rings. The number of benzene rings is 3. The van der Waals surface area contributed by atoms with Gasteiger partial charge in [-0.3, -0.25) is 13.9 Å². The standard InChI is InChI=1S/C34H42ClN3O6S/c1-23-17-24(2)19-28(18-23)38(45(41,42)29-15-16-31(43-4)32(20-29)44-5)22-33(39)37(21-26-11-9-10-14-30(26)35)25(3)34(40)36-27-12-7-6-8-13-27/h9-11,14-20,25,27H,6-8,12-13,21-22H2,1-5H3,(H,36,40). The van der Waals surface area contributed by atoms with Crippen molar-refractivity contribution in [3.63, 3.8) is 0 Å². The van der Waals surface area contributed by atoms with Gasteiger partial charge < -0.3 is 19.7 Å². The molecule has 0 aromatic heterocycles.